The third-order valence-corrected chi connectivity index (χ3v) is 5.78. The molecule has 4 nitrogen and oxygen atoms in total. The molecule has 1 aromatic carbocycles. The Bertz CT molecular complexity index is 934. The van der Waals surface area contributed by atoms with Crippen LogP contribution in [0, 0.1) is 11.7 Å². The van der Waals surface area contributed by atoms with Gasteiger partial charge in [0.25, 0.3) is 5.91 Å². The van der Waals surface area contributed by atoms with Gasteiger partial charge in [-0.25, -0.2) is 9.37 Å². The predicted molar refractivity (Wildman–Crippen MR) is 105 cm³/mol. The molecule has 2 saturated carbocycles. The van der Waals surface area contributed by atoms with Gasteiger partial charge in [-0.05, 0) is 67.3 Å². The first kappa shape index (κ1) is 20.6. The molecule has 1 heterocycles. The molecule has 4 rings (SSSR count). The lowest BCUT2D eigenvalue weighted by Crippen LogP contribution is -2.29. The Morgan fingerprint density at radius 2 is 1.83 bits per heavy atom. The molecule has 160 valence electrons. The largest absolute Gasteiger partial charge is 0.416 e. The maximum atomic E-state index is 14.1. The van der Waals surface area contributed by atoms with Crippen molar-refractivity contribution in [1.29, 1.82) is 0 Å². The van der Waals surface area contributed by atoms with Crippen LogP contribution in [0.15, 0.2) is 30.5 Å². The van der Waals surface area contributed by atoms with Crippen molar-refractivity contribution in [1.82, 2.24) is 10.3 Å². The number of halogens is 4. The number of hydrogen-bond acceptors (Lipinski definition) is 3. The molecule has 0 unspecified atom stereocenters. The molecule has 2 N–H and O–H groups in total. The molecule has 0 aliphatic heterocycles. The second kappa shape index (κ2) is 8.24. The summed E-state index contributed by atoms with van der Waals surface area (Å²) in [5.41, 5.74) is 0.194. The van der Waals surface area contributed by atoms with Crippen molar-refractivity contribution < 1.29 is 22.4 Å². The summed E-state index contributed by atoms with van der Waals surface area (Å²) < 4.78 is 52.3. The van der Waals surface area contributed by atoms with Crippen molar-refractivity contribution in [3.63, 3.8) is 0 Å². The monoisotopic (exact) mass is 421 g/mol. The van der Waals surface area contributed by atoms with Gasteiger partial charge in [-0.15, -0.1) is 0 Å². The van der Waals surface area contributed by atoms with E-state index in [1.165, 1.54) is 19.0 Å². The van der Waals surface area contributed by atoms with Crippen molar-refractivity contribution >= 4 is 17.4 Å². The van der Waals surface area contributed by atoms with Gasteiger partial charge in [0.2, 0.25) is 0 Å². The zero-order valence-corrected chi connectivity index (χ0v) is 16.4. The third-order valence-electron chi connectivity index (χ3n) is 5.78. The van der Waals surface area contributed by atoms with Gasteiger partial charge in [-0.3, -0.25) is 4.79 Å². The molecule has 0 radical (unpaired) electrons. The quantitative estimate of drug-likeness (QED) is 0.582. The fourth-order valence-corrected chi connectivity index (χ4v) is 3.94. The molecule has 2 fully saturated rings. The summed E-state index contributed by atoms with van der Waals surface area (Å²) in [6, 6.07) is 4.01. The van der Waals surface area contributed by atoms with E-state index in [2.05, 4.69) is 15.6 Å². The summed E-state index contributed by atoms with van der Waals surface area (Å²) in [5, 5.41) is 5.73. The summed E-state index contributed by atoms with van der Waals surface area (Å²) >= 11 is 0. The number of carbonyl (C=O) groups is 1. The Labute approximate surface area is 172 Å². The van der Waals surface area contributed by atoms with Crippen LogP contribution in [0.5, 0.6) is 0 Å². The lowest BCUT2D eigenvalue weighted by Gasteiger charge is -2.15. The van der Waals surface area contributed by atoms with Gasteiger partial charge < -0.3 is 10.6 Å². The highest BCUT2D eigenvalue weighted by molar-refractivity contribution is 5.96. The lowest BCUT2D eigenvalue weighted by atomic mass is 10.0. The normalized spacial score (nSPS) is 17.2. The van der Waals surface area contributed by atoms with Crippen LogP contribution in [0.4, 0.5) is 29.1 Å². The smallest absolute Gasteiger partial charge is 0.352 e. The summed E-state index contributed by atoms with van der Waals surface area (Å²) in [6.07, 6.45) is 3.45. The van der Waals surface area contributed by atoms with E-state index in [4.69, 9.17) is 0 Å². The molecule has 1 amide bonds. The SMILES string of the molecule is O=C(NCC1CCCC1)c1cnc(Nc2ccc(C(F)(F)F)cc2F)cc1C1CC1. The minimum Gasteiger partial charge on any atom is -0.352 e. The second-order valence-electron chi connectivity index (χ2n) is 8.11. The highest BCUT2D eigenvalue weighted by atomic mass is 19.4. The molecule has 0 spiro atoms. The minimum absolute atomic E-state index is 0.101. The van der Waals surface area contributed by atoms with E-state index in [9.17, 15) is 22.4 Å². The molecule has 30 heavy (non-hydrogen) atoms. The molecule has 0 bridgehead atoms. The highest BCUT2D eigenvalue weighted by Gasteiger charge is 2.32. The number of pyridine rings is 1. The Morgan fingerprint density at radius 1 is 1.10 bits per heavy atom. The predicted octanol–water partition coefficient (Wildman–Crippen LogP) is 5.78. The van der Waals surface area contributed by atoms with Crippen molar-refractivity contribution in [3.05, 3.63) is 53.0 Å². The van der Waals surface area contributed by atoms with Crippen LogP contribution in [0.2, 0.25) is 0 Å². The number of nitrogens with one attached hydrogen (secondary N) is 2. The molecular formula is C22H23F4N3O. The molecular weight excluding hydrogens is 398 g/mol. The lowest BCUT2D eigenvalue weighted by molar-refractivity contribution is -0.137. The number of nitrogens with zero attached hydrogens (tertiary/aromatic N) is 1. The van der Waals surface area contributed by atoms with Crippen molar-refractivity contribution in [2.24, 2.45) is 5.92 Å². The van der Waals surface area contributed by atoms with Gasteiger partial charge >= 0.3 is 6.18 Å². The number of aromatic nitrogens is 1. The number of alkyl halides is 3. The maximum absolute atomic E-state index is 14.1. The van der Waals surface area contributed by atoms with Crippen LogP contribution < -0.4 is 10.6 Å². The van der Waals surface area contributed by atoms with Gasteiger partial charge in [-0.1, -0.05) is 12.8 Å². The average Bonchev–Trinajstić information content (AvgIpc) is 3.42. The number of amides is 1. The van der Waals surface area contributed by atoms with E-state index < -0.39 is 17.6 Å². The number of carbonyl (C=O) groups excluding carboxylic acids is 1. The Balaban J connectivity index is 1.50. The van der Waals surface area contributed by atoms with Crippen LogP contribution in [-0.2, 0) is 6.18 Å². The topological polar surface area (TPSA) is 54.0 Å². The molecule has 0 saturated heterocycles. The van der Waals surface area contributed by atoms with Crippen molar-refractivity contribution in [3.8, 4) is 0 Å². The van der Waals surface area contributed by atoms with Gasteiger partial charge in [-0.2, -0.15) is 13.2 Å². The summed E-state index contributed by atoms with van der Waals surface area (Å²) in [4.78, 5) is 16.9. The fraction of sp³-hybridized carbons (Fsp3) is 0.455. The summed E-state index contributed by atoms with van der Waals surface area (Å²) in [7, 11) is 0. The second-order valence-corrected chi connectivity index (χ2v) is 8.11. The third kappa shape index (κ3) is 4.74. The molecule has 2 aromatic rings. The first-order chi connectivity index (χ1) is 14.3. The van der Waals surface area contributed by atoms with Crippen LogP contribution in [0.25, 0.3) is 0 Å². The minimum atomic E-state index is -4.61. The van der Waals surface area contributed by atoms with E-state index in [0.717, 1.165) is 43.4 Å². The fourth-order valence-electron chi connectivity index (χ4n) is 3.94. The first-order valence-electron chi connectivity index (χ1n) is 10.2. The number of hydrogen-bond donors (Lipinski definition) is 2. The van der Waals surface area contributed by atoms with Gasteiger partial charge in [0, 0.05) is 12.7 Å². The van der Waals surface area contributed by atoms with E-state index in [1.54, 1.807) is 6.07 Å². The summed E-state index contributed by atoms with van der Waals surface area (Å²) in [5.74, 6) is -0.113. The van der Waals surface area contributed by atoms with E-state index in [0.29, 0.717) is 29.9 Å². The molecule has 2 aliphatic carbocycles. The maximum Gasteiger partial charge on any atom is 0.416 e. The van der Waals surface area contributed by atoms with Crippen LogP contribution in [0.1, 0.15) is 65.9 Å². The first-order valence-corrected chi connectivity index (χ1v) is 10.2. The zero-order chi connectivity index (χ0) is 21.3. The Morgan fingerprint density at radius 3 is 2.47 bits per heavy atom. The standard InChI is InChI=1S/C22H23F4N3O/c23-18-9-15(22(24,25)26)7-8-19(18)29-20-10-16(14-5-6-14)17(12-27-20)21(30)28-11-13-3-1-2-4-13/h7-10,12-14H,1-6,11H2,(H,27,29)(H,28,30). The molecule has 8 heteroatoms. The number of rotatable bonds is 6. The highest BCUT2D eigenvalue weighted by Crippen LogP contribution is 2.42. The number of benzene rings is 1. The van der Waals surface area contributed by atoms with Crippen LogP contribution in [-0.4, -0.2) is 17.4 Å². The summed E-state index contributed by atoms with van der Waals surface area (Å²) in [6.45, 7) is 0.652. The van der Waals surface area contributed by atoms with E-state index in [1.807, 2.05) is 0 Å². The van der Waals surface area contributed by atoms with Crippen molar-refractivity contribution in [2.75, 3.05) is 11.9 Å². The van der Waals surface area contributed by atoms with E-state index in [-0.39, 0.29) is 17.5 Å². The van der Waals surface area contributed by atoms with Crippen LogP contribution >= 0.6 is 0 Å². The van der Waals surface area contributed by atoms with Crippen molar-refractivity contribution in [2.45, 2.75) is 50.6 Å². The number of anilines is 2. The zero-order valence-electron chi connectivity index (χ0n) is 16.4. The molecule has 2 aliphatic rings. The van der Waals surface area contributed by atoms with Gasteiger partial charge in [0.05, 0.1) is 16.8 Å². The Kier molecular flexibility index (Phi) is 5.66. The van der Waals surface area contributed by atoms with Crippen LogP contribution in [0.3, 0.4) is 0 Å². The van der Waals surface area contributed by atoms with Gasteiger partial charge in [0.15, 0.2) is 0 Å². The van der Waals surface area contributed by atoms with E-state index >= 15 is 0 Å². The Hall–Kier alpha value is -2.64. The average molecular weight is 421 g/mol. The molecule has 1 aromatic heterocycles. The van der Waals surface area contributed by atoms with Gasteiger partial charge in [0.1, 0.15) is 11.6 Å². The molecule has 0 atom stereocenters.